The number of allylic oxidation sites excluding steroid dienone is 2. The van der Waals surface area contributed by atoms with Gasteiger partial charge in [0.2, 0.25) is 0 Å². The largest absolute Gasteiger partial charge is 0.493 e. The van der Waals surface area contributed by atoms with E-state index in [0.717, 1.165) is 25.2 Å². The van der Waals surface area contributed by atoms with Gasteiger partial charge in [0.15, 0.2) is 5.78 Å². The van der Waals surface area contributed by atoms with E-state index in [4.69, 9.17) is 4.74 Å². The standard InChI is InChI=1S/C10H14O.C6H8O/c1-4-11-10-8(2)6-5-7-9(10)3;1-5-2-3-6(7)4-5/h5-7H,4H2,1-3H3;4H,2-3H2,1H3. The summed E-state index contributed by atoms with van der Waals surface area (Å²) in [5, 5.41) is 0. The first-order valence-corrected chi connectivity index (χ1v) is 6.43. The molecule has 2 nitrogen and oxygen atoms in total. The third kappa shape index (κ3) is 4.36. The van der Waals surface area contributed by atoms with Crippen LogP contribution in [0.3, 0.4) is 0 Å². The van der Waals surface area contributed by atoms with Crippen molar-refractivity contribution in [3.05, 3.63) is 41.0 Å². The van der Waals surface area contributed by atoms with E-state index < -0.39 is 0 Å². The summed E-state index contributed by atoms with van der Waals surface area (Å²) in [5.74, 6) is 1.33. The van der Waals surface area contributed by atoms with Crippen molar-refractivity contribution in [3.63, 3.8) is 0 Å². The van der Waals surface area contributed by atoms with Crippen molar-refractivity contribution < 1.29 is 9.53 Å². The second-order valence-electron chi connectivity index (χ2n) is 4.61. The number of aryl methyl sites for hydroxylation is 2. The Morgan fingerprint density at radius 3 is 2.06 bits per heavy atom. The van der Waals surface area contributed by atoms with Crippen LogP contribution < -0.4 is 4.74 Å². The summed E-state index contributed by atoms with van der Waals surface area (Å²) in [7, 11) is 0. The molecule has 98 valence electrons. The highest BCUT2D eigenvalue weighted by Crippen LogP contribution is 2.21. The molecule has 0 bridgehead atoms. The van der Waals surface area contributed by atoms with E-state index in [1.165, 1.54) is 16.7 Å². The van der Waals surface area contributed by atoms with Gasteiger partial charge in [0.05, 0.1) is 6.61 Å². The molecule has 0 saturated carbocycles. The van der Waals surface area contributed by atoms with Gasteiger partial charge >= 0.3 is 0 Å². The molecule has 0 aromatic heterocycles. The fourth-order valence-electron chi connectivity index (χ4n) is 1.91. The predicted molar refractivity (Wildman–Crippen MR) is 75.1 cm³/mol. The molecular weight excluding hydrogens is 224 g/mol. The van der Waals surface area contributed by atoms with Crippen LogP contribution in [-0.2, 0) is 4.79 Å². The number of ether oxygens (including phenoxy) is 1. The molecule has 0 saturated heterocycles. The minimum absolute atomic E-state index is 0.289. The van der Waals surface area contributed by atoms with E-state index in [9.17, 15) is 4.79 Å². The first-order valence-electron chi connectivity index (χ1n) is 6.43. The summed E-state index contributed by atoms with van der Waals surface area (Å²) < 4.78 is 5.47. The summed E-state index contributed by atoms with van der Waals surface area (Å²) in [6.45, 7) is 8.87. The number of hydrogen-bond donors (Lipinski definition) is 0. The first-order chi connectivity index (χ1) is 8.54. The van der Waals surface area contributed by atoms with E-state index in [1.807, 2.05) is 19.9 Å². The molecular formula is C16H22O2. The second kappa shape index (κ2) is 7.00. The maximum absolute atomic E-state index is 10.4. The van der Waals surface area contributed by atoms with Gasteiger partial charge < -0.3 is 4.74 Å². The van der Waals surface area contributed by atoms with Gasteiger partial charge in [-0.1, -0.05) is 23.8 Å². The molecule has 1 aromatic rings. The van der Waals surface area contributed by atoms with Crippen molar-refractivity contribution in [2.45, 2.75) is 40.5 Å². The van der Waals surface area contributed by atoms with Crippen LogP contribution in [-0.4, -0.2) is 12.4 Å². The van der Waals surface area contributed by atoms with Crippen LogP contribution in [0.25, 0.3) is 0 Å². The van der Waals surface area contributed by atoms with Crippen LogP contribution in [0, 0.1) is 13.8 Å². The molecule has 0 amide bonds. The Bertz CT molecular complexity index is 424. The fraction of sp³-hybridized carbons (Fsp3) is 0.438. The van der Waals surface area contributed by atoms with Crippen LogP contribution in [0.5, 0.6) is 5.75 Å². The van der Waals surface area contributed by atoms with Crippen molar-refractivity contribution in [1.29, 1.82) is 0 Å². The van der Waals surface area contributed by atoms with Gasteiger partial charge in [-0.25, -0.2) is 0 Å². The molecule has 18 heavy (non-hydrogen) atoms. The van der Waals surface area contributed by atoms with Crippen molar-refractivity contribution >= 4 is 5.78 Å². The molecule has 0 radical (unpaired) electrons. The van der Waals surface area contributed by atoms with Crippen molar-refractivity contribution in [3.8, 4) is 5.75 Å². The lowest BCUT2D eigenvalue weighted by molar-refractivity contribution is -0.114. The Hall–Kier alpha value is -1.57. The zero-order chi connectivity index (χ0) is 13.5. The van der Waals surface area contributed by atoms with Gasteiger partial charge in [-0.2, -0.15) is 0 Å². The second-order valence-corrected chi connectivity index (χ2v) is 4.61. The van der Waals surface area contributed by atoms with E-state index in [0.29, 0.717) is 0 Å². The lowest BCUT2D eigenvalue weighted by Crippen LogP contribution is -1.95. The highest BCUT2D eigenvalue weighted by atomic mass is 16.5. The maximum Gasteiger partial charge on any atom is 0.155 e. The van der Waals surface area contributed by atoms with Crippen molar-refractivity contribution in [2.24, 2.45) is 0 Å². The minimum Gasteiger partial charge on any atom is -0.493 e. The van der Waals surface area contributed by atoms with E-state index in [-0.39, 0.29) is 5.78 Å². The molecule has 2 rings (SSSR count). The highest BCUT2D eigenvalue weighted by molar-refractivity contribution is 5.92. The molecule has 0 aliphatic heterocycles. The molecule has 1 aliphatic carbocycles. The number of rotatable bonds is 2. The van der Waals surface area contributed by atoms with Gasteiger partial charge in [-0.15, -0.1) is 0 Å². The molecule has 0 unspecified atom stereocenters. The van der Waals surface area contributed by atoms with Gasteiger partial charge in [0.25, 0.3) is 0 Å². The first kappa shape index (κ1) is 14.5. The van der Waals surface area contributed by atoms with Gasteiger partial charge in [-0.3, -0.25) is 4.79 Å². The zero-order valence-electron chi connectivity index (χ0n) is 11.7. The molecule has 0 fully saturated rings. The number of carbonyl (C=O) groups is 1. The third-order valence-electron chi connectivity index (χ3n) is 2.87. The lowest BCUT2D eigenvalue weighted by atomic mass is 10.1. The average molecular weight is 246 g/mol. The number of benzene rings is 1. The van der Waals surface area contributed by atoms with Crippen LogP contribution in [0.2, 0.25) is 0 Å². The van der Waals surface area contributed by atoms with Crippen molar-refractivity contribution in [1.82, 2.24) is 0 Å². The van der Waals surface area contributed by atoms with Crippen LogP contribution >= 0.6 is 0 Å². The van der Waals surface area contributed by atoms with Crippen LogP contribution in [0.1, 0.15) is 37.8 Å². The third-order valence-corrected chi connectivity index (χ3v) is 2.87. The zero-order valence-corrected chi connectivity index (χ0v) is 11.7. The van der Waals surface area contributed by atoms with E-state index in [1.54, 1.807) is 6.08 Å². The average Bonchev–Trinajstić information content (AvgIpc) is 2.69. The molecule has 0 spiro atoms. The van der Waals surface area contributed by atoms with Gasteiger partial charge in [0, 0.05) is 6.42 Å². The lowest BCUT2D eigenvalue weighted by Gasteiger charge is -2.08. The Labute approximate surface area is 110 Å². The highest BCUT2D eigenvalue weighted by Gasteiger charge is 2.05. The topological polar surface area (TPSA) is 26.3 Å². The van der Waals surface area contributed by atoms with Crippen molar-refractivity contribution in [2.75, 3.05) is 6.61 Å². The van der Waals surface area contributed by atoms with Crippen LogP contribution in [0.15, 0.2) is 29.8 Å². The monoisotopic (exact) mass is 246 g/mol. The Kier molecular flexibility index (Phi) is 5.63. The molecule has 2 heteroatoms. The summed E-state index contributed by atoms with van der Waals surface area (Å²) in [6, 6.07) is 6.18. The summed E-state index contributed by atoms with van der Waals surface area (Å²) in [5.41, 5.74) is 3.66. The molecule has 0 N–H and O–H groups in total. The SMILES string of the molecule is CC1=CC(=O)CC1.CCOc1c(C)cccc1C. The van der Waals surface area contributed by atoms with Crippen LogP contribution in [0.4, 0.5) is 0 Å². The minimum atomic E-state index is 0.289. The smallest absolute Gasteiger partial charge is 0.155 e. The number of carbonyl (C=O) groups excluding carboxylic acids is 1. The fourth-order valence-corrected chi connectivity index (χ4v) is 1.91. The normalized spacial score (nSPS) is 13.8. The number of para-hydroxylation sites is 1. The summed E-state index contributed by atoms with van der Waals surface area (Å²) in [4.78, 5) is 10.4. The number of hydrogen-bond acceptors (Lipinski definition) is 2. The molecule has 0 atom stereocenters. The Balaban J connectivity index is 0.000000199. The number of ketones is 1. The Morgan fingerprint density at radius 1 is 1.11 bits per heavy atom. The molecule has 1 aliphatic rings. The van der Waals surface area contributed by atoms with E-state index in [2.05, 4.69) is 26.0 Å². The Morgan fingerprint density at radius 2 is 1.72 bits per heavy atom. The quantitative estimate of drug-likeness (QED) is 0.788. The molecule has 0 heterocycles. The van der Waals surface area contributed by atoms with Gasteiger partial charge in [0.1, 0.15) is 5.75 Å². The maximum atomic E-state index is 10.4. The summed E-state index contributed by atoms with van der Waals surface area (Å²) in [6.07, 6.45) is 3.45. The predicted octanol–water partition coefficient (Wildman–Crippen LogP) is 4.00. The van der Waals surface area contributed by atoms with E-state index >= 15 is 0 Å². The molecule has 1 aromatic carbocycles. The summed E-state index contributed by atoms with van der Waals surface area (Å²) >= 11 is 0. The van der Waals surface area contributed by atoms with Gasteiger partial charge in [-0.05, 0) is 51.3 Å².